The van der Waals surface area contributed by atoms with Crippen molar-refractivity contribution in [2.75, 3.05) is 23.0 Å². The Morgan fingerprint density at radius 2 is 1.52 bits per heavy atom. The molecule has 8 rings (SSSR count). The van der Waals surface area contributed by atoms with Crippen molar-refractivity contribution in [1.82, 2.24) is 0 Å². The zero-order valence-electron chi connectivity index (χ0n) is 27.7. The van der Waals surface area contributed by atoms with E-state index in [2.05, 4.69) is 0 Å². The number of anilines is 2. The largest absolute Gasteiger partial charge is 0.491 e. The number of carbonyl (C=O) groups is 5. The number of rotatable bonds is 8. The second kappa shape index (κ2) is 12.9. The van der Waals surface area contributed by atoms with Crippen LogP contribution >= 0.6 is 11.6 Å². The van der Waals surface area contributed by atoms with Crippen LogP contribution in [-0.4, -0.2) is 53.0 Å². The molecule has 0 bridgehead atoms. The lowest BCUT2D eigenvalue weighted by Gasteiger charge is -2.50. The first-order valence-electron chi connectivity index (χ1n) is 17.1. The fourth-order valence-electron chi connectivity index (χ4n) is 9.07. The van der Waals surface area contributed by atoms with Gasteiger partial charge in [0.1, 0.15) is 12.4 Å². The number of aliphatic hydroxyl groups excluding tert-OH is 1. The average molecular weight is 717 g/mol. The molecule has 262 valence electrons. The molecule has 2 heterocycles. The number of aromatic carboxylic acids is 1. The first kappa shape index (κ1) is 33.6. The molecule has 2 N–H and O–H groups in total. The van der Waals surface area contributed by atoms with Crippen LogP contribution in [0.25, 0.3) is 0 Å². The maximum atomic E-state index is 15.3. The quantitative estimate of drug-likeness (QED) is 0.173. The van der Waals surface area contributed by atoms with Crippen molar-refractivity contribution in [3.05, 3.63) is 136 Å². The molecule has 1 saturated carbocycles. The van der Waals surface area contributed by atoms with Crippen LogP contribution in [0.5, 0.6) is 5.75 Å². The standard InChI is InChI=1S/C41H33ClN2O8/c42-26-9-5-11-28(21-26)44-37(47)33-22-32-30(16-17-31-34(32)38(48)43(36(31)46)27-10-4-6-24(20-27)39(49)50)35(23-12-14-29(15-13-23)52-19-18-45)41(33,40(44)51)25-7-2-1-3-8-25/h1-16,20-21,31-35,45H,17-19,22H2,(H,49,50). The first-order valence-corrected chi connectivity index (χ1v) is 17.5. The maximum absolute atomic E-state index is 15.3. The summed E-state index contributed by atoms with van der Waals surface area (Å²) in [6.07, 6.45) is 2.32. The Morgan fingerprint density at radius 1 is 0.808 bits per heavy atom. The molecule has 2 aliphatic carbocycles. The highest BCUT2D eigenvalue weighted by Gasteiger charge is 2.70. The lowest BCUT2D eigenvalue weighted by Crippen LogP contribution is -2.53. The smallest absolute Gasteiger partial charge is 0.335 e. The third-order valence-corrected chi connectivity index (χ3v) is 11.3. The molecule has 4 aromatic carbocycles. The molecule has 2 aliphatic heterocycles. The van der Waals surface area contributed by atoms with Gasteiger partial charge >= 0.3 is 5.97 Å². The van der Waals surface area contributed by atoms with Crippen LogP contribution in [0.3, 0.4) is 0 Å². The highest BCUT2D eigenvalue weighted by molar-refractivity contribution is 6.32. The molecule has 4 amide bonds. The van der Waals surface area contributed by atoms with Crippen molar-refractivity contribution in [2.45, 2.75) is 24.2 Å². The molecule has 2 saturated heterocycles. The Labute approximate surface area is 303 Å². The van der Waals surface area contributed by atoms with Gasteiger partial charge in [0.2, 0.25) is 23.6 Å². The molecule has 10 nitrogen and oxygen atoms in total. The third kappa shape index (κ3) is 5.00. The van der Waals surface area contributed by atoms with Crippen molar-refractivity contribution in [1.29, 1.82) is 0 Å². The van der Waals surface area contributed by atoms with Gasteiger partial charge in [0.05, 0.1) is 46.7 Å². The number of hydrogen-bond acceptors (Lipinski definition) is 7. The Kier molecular flexibility index (Phi) is 8.31. The van der Waals surface area contributed by atoms with E-state index in [4.69, 9.17) is 16.3 Å². The lowest BCUT2D eigenvalue weighted by atomic mass is 9.49. The number of carboxylic acid groups (broad SMARTS) is 1. The number of imide groups is 2. The molecule has 11 heteroatoms. The third-order valence-electron chi connectivity index (χ3n) is 11.1. The van der Waals surface area contributed by atoms with Gasteiger partial charge in [-0.3, -0.25) is 24.1 Å². The number of halogens is 1. The van der Waals surface area contributed by atoms with Crippen molar-refractivity contribution in [3.8, 4) is 5.75 Å². The van der Waals surface area contributed by atoms with Crippen LogP contribution in [0.2, 0.25) is 5.02 Å². The summed E-state index contributed by atoms with van der Waals surface area (Å²) in [6.45, 7) is -0.0701. The van der Waals surface area contributed by atoms with Gasteiger partial charge in [0.25, 0.3) is 0 Å². The van der Waals surface area contributed by atoms with Gasteiger partial charge in [-0.05, 0) is 78.4 Å². The van der Waals surface area contributed by atoms with Crippen LogP contribution in [0, 0.1) is 23.7 Å². The molecule has 6 unspecified atom stereocenters. The lowest BCUT2D eigenvalue weighted by molar-refractivity contribution is -0.127. The number of benzene rings is 4. The fourth-order valence-corrected chi connectivity index (χ4v) is 9.26. The Bertz CT molecular complexity index is 2170. The molecule has 0 aromatic heterocycles. The van der Waals surface area contributed by atoms with E-state index in [1.165, 1.54) is 23.1 Å². The molecule has 4 aliphatic rings. The van der Waals surface area contributed by atoms with Crippen LogP contribution in [0.1, 0.15) is 40.2 Å². The maximum Gasteiger partial charge on any atom is 0.335 e. The predicted octanol–water partition coefficient (Wildman–Crippen LogP) is 5.78. The topological polar surface area (TPSA) is 142 Å². The average Bonchev–Trinajstić information content (AvgIpc) is 3.55. The highest BCUT2D eigenvalue weighted by Crippen LogP contribution is 2.64. The summed E-state index contributed by atoms with van der Waals surface area (Å²) in [6, 6.07) is 28.8. The highest BCUT2D eigenvalue weighted by atomic mass is 35.5. The van der Waals surface area contributed by atoms with Gasteiger partial charge < -0.3 is 14.9 Å². The zero-order valence-corrected chi connectivity index (χ0v) is 28.5. The number of aliphatic hydroxyl groups is 1. The Morgan fingerprint density at radius 3 is 2.21 bits per heavy atom. The molecular weight excluding hydrogens is 684 g/mol. The van der Waals surface area contributed by atoms with Crippen LogP contribution in [0.4, 0.5) is 11.4 Å². The molecular formula is C41H33ClN2O8. The first-order chi connectivity index (χ1) is 25.2. The number of allylic oxidation sites excluding steroid dienone is 2. The van der Waals surface area contributed by atoms with Crippen LogP contribution in [-0.2, 0) is 24.6 Å². The monoisotopic (exact) mass is 716 g/mol. The molecule has 3 fully saturated rings. The minimum atomic E-state index is -1.43. The number of ether oxygens (including phenoxy) is 1. The second-order valence-electron chi connectivity index (χ2n) is 13.6. The van der Waals surface area contributed by atoms with Crippen molar-refractivity contribution < 1.29 is 38.9 Å². The summed E-state index contributed by atoms with van der Waals surface area (Å²) in [5.74, 6) is -6.20. The number of nitrogens with zero attached hydrogens (tertiary/aromatic N) is 2. The SMILES string of the molecule is O=C(O)c1cccc(N2C(=O)C3CC=C4C(CC5C(=O)N(c6cccc(Cl)c6)C(=O)C5(c5ccccc5)C4c4ccc(OCCO)cc4)C3C2=O)c1. The van der Waals surface area contributed by atoms with E-state index in [9.17, 15) is 29.4 Å². The van der Waals surface area contributed by atoms with Gasteiger partial charge in [-0.1, -0.05) is 77.8 Å². The van der Waals surface area contributed by atoms with Crippen molar-refractivity contribution in [3.63, 3.8) is 0 Å². The second-order valence-corrected chi connectivity index (χ2v) is 14.0. The van der Waals surface area contributed by atoms with Crippen LogP contribution in [0.15, 0.2) is 115 Å². The van der Waals surface area contributed by atoms with Gasteiger partial charge in [-0.25, -0.2) is 9.69 Å². The van der Waals surface area contributed by atoms with Crippen molar-refractivity contribution >= 4 is 52.6 Å². The van der Waals surface area contributed by atoms with E-state index < -0.39 is 64.6 Å². The Balaban J connectivity index is 1.31. The number of fused-ring (bicyclic) bond motifs is 4. The van der Waals surface area contributed by atoms with E-state index in [0.29, 0.717) is 22.0 Å². The number of amides is 4. The van der Waals surface area contributed by atoms with Crippen molar-refractivity contribution in [2.24, 2.45) is 23.7 Å². The number of hydrogen-bond donors (Lipinski definition) is 2. The van der Waals surface area contributed by atoms with Gasteiger partial charge in [-0.15, -0.1) is 0 Å². The predicted molar refractivity (Wildman–Crippen MR) is 191 cm³/mol. The zero-order chi connectivity index (χ0) is 36.3. The van der Waals surface area contributed by atoms with Gasteiger partial charge in [-0.2, -0.15) is 0 Å². The minimum absolute atomic E-state index is 0.0558. The van der Waals surface area contributed by atoms with E-state index in [1.807, 2.05) is 48.5 Å². The van der Waals surface area contributed by atoms with E-state index in [1.54, 1.807) is 42.5 Å². The molecule has 52 heavy (non-hydrogen) atoms. The molecule has 4 aromatic rings. The normalized spacial score (nSPS) is 26.5. The number of carboxylic acids is 1. The minimum Gasteiger partial charge on any atom is -0.491 e. The van der Waals surface area contributed by atoms with Gasteiger partial charge in [0, 0.05) is 10.9 Å². The summed E-state index contributed by atoms with van der Waals surface area (Å²) in [4.78, 5) is 72.8. The summed E-state index contributed by atoms with van der Waals surface area (Å²) >= 11 is 6.39. The Hall–Kier alpha value is -5.58. The summed E-state index contributed by atoms with van der Waals surface area (Å²) < 4.78 is 5.65. The fraction of sp³-hybridized carbons (Fsp3) is 0.244. The molecule has 6 atom stereocenters. The van der Waals surface area contributed by atoms with E-state index >= 15 is 4.79 Å². The molecule has 0 radical (unpaired) electrons. The van der Waals surface area contributed by atoms with Crippen LogP contribution < -0.4 is 14.5 Å². The summed E-state index contributed by atoms with van der Waals surface area (Å²) in [5.41, 5.74) is 1.19. The van der Waals surface area contributed by atoms with E-state index in [-0.39, 0.29) is 37.3 Å². The molecule has 0 spiro atoms. The summed E-state index contributed by atoms with van der Waals surface area (Å²) in [5, 5.41) is 19.3. The summed E-state index contributed by atoms with van der Waals surface area (Å²) in [7, 11) is 0. The number of carbonyl (C=O) groups excluding carboxylic acids is 4. The van der Waals surface area contributed by atoms with Gasteiger partial charge in [0.15, 0.2) is 0 Å². The van der Waals surface area contributed by atoms with E-state index in [0.717, 1.165) is 16.0 Å².